The molecule has 0 aliphatic rings. The fourth-order valence-electron chi connectivity index (χ4n) is 1.18. The number of carbonyl (C=O) groups is 2. The first-order valence-corrected chi connectivity index (χ1v) is 5.27. The van der Waals surface area contributed by atoms with Crippen LogP contribution in [0, 0.1) is 5.82 Å². The van der Waals surface area contributed by atoms with E-state index in [1.165, 1.54) is 38.3 Å². The molecule has 18 heavy (non-hydrogen) atoms. The Balaban J connectivity index is 2.49. The number of nitrogens with one attached hydrogen (secondary N) is 1. The maximum atomic E-state index is 12.6. The average molecular weight is 255 g/mol. The topological polar surface area (TPSA) is 64.6 Å². The Morgan fingerprint density at radius 3 is 2.50 bits per heavy atom. The SMILES string of the molecule is COCC(=O)O[C@H](C)C(=O)Nc1ccc(F)cc1. The van der Waals surface area contributed by atoms with Crippen molar-refractivity contribution in [3.8, 4) is 0 Å². The van der Waals surface area contributed by atoms with Gasteiger partial charge in [0.05, 0.1) is 0 Å². The molecule has 1 N–H and O–H groups in total. The number of halogens is 1. The summed E-state index contributed by atoms with van der Waals surface area (Å²) in [5, 5.41) is 2.49. The fraction of sp³-hybridized carbons (Fsp3) is 0.333. The van der Waals surface area contributed by atoms with Crippen molar-refractivity contribution < 1.29 is 23.5 Å². The van der Waals surface area contributed by atoms with E-state index in [0.29, 0.717) is 5.69 Å². The third kappa shape index (κ3) is 4.50. The van der Waals surface area contributed by atoms with Crippen LogP contribution in [0.2, 0.25) is 0 Å². The first-order chi connectivity index (χ1) is 8.52. The Kier molecular flexibility index (Phi) is 5.26. The summed E-state index contributed by atoms with van der Waals surface area (Å²) in [6.45, 7) is 1.22. The van der Waals surface area contributed by atoms with Gasteiger partial charge in [-0.2, -0.15) is 0 Å². The van der Waals surface area contributed by atoms with E-state index in [0.717, 1.165) is 0 Å². The van der Waals surface area contributed by atoms with Crippen molar-refractivity contribution >= 4 is 17.6 Å². The van der Waals surface area contributed by atoms with Crippen LogP contribution >= 0.6 is 0 Å². The van der Waals surface area contributed by atoms with Crippen LogP contribution in [0.1, 0.15) is 6.92 Å². The molecule has 0 bridgehead atoms. The number of rotatable bonds is 5. The number of amides is 1. The van der Waals surface area contributed by atoms with Crippen LogP contribution in [-0.2, 0) is 19.1 Å². The summed E-state index contributed by atoms with van der Waals surface area (Å²) in [6, 6.07) is 5.27. The lowest BCUT2D eigenvalue weighted by atomic mass is 10.3. The van der Waals surface area contributed by atoms with E-state index in [4.69, 9.17) is 4.74 Å². The largest absolute Gasteiger partial charge is 0.451 e. The van der Waals surface area contributed by atoms with Crippen LogP contribution < -0.4 is 5.32 Å². The normalized spacial score (nSPS) is 11.7. The summed E-state index contributed by atoms with van der Waals surface area (Å²) >= 11 is 0. The highest BCUT2D eigenvalue weighted by Crippen LogP contribution is 2.09. The van der Waals surface area contributed by atoms with Crippen LogP contribution in [0.15, 0.2) is 24.3 Å². The molecular formula is C12H14FNO4. The van der Waals surface area contributed by atoms with Crippen molar-refractivity contribution in [2.24, 2.45) is 0 Å². The van der Waals surface area contributed by atoms with E-state index >= 15 is 0 Å². The fourth-order valence-corrected chi connectivity index (χ4v) is 1.18. The number of hydrogen-bond acceptors (Lipinski definition) is 4. The Morgan fingerprint density at radius 1 is 1.33 bits per heavy atom. The van der Waals surface area contributed by atoms with Crippen molar-refractivity contribution in [1.82, 2.24) is 0 Å². The van der Waals surface area contributed by atoms with Gasteiger partial charge in [0, 0.05) is 12.8 Å². The lowest BCUT2D eigenvalue weighted by Crippen LogP contribution is -2.31. The van der Waals surface area contributed by atoms with E-state index in [1.807, 2.05) is 0 Å². The van der Waals surface area contributed by atoms with Gasteiger partial charge in [0.15, 0.2) is 6.10 Å². The highest BCUT2D eigenvalue weighted by atomic mass is 19.1. The van der Waals surface area contributed by atoms with Crippen LogP contribution in [-0.4, -0.2) is 31.7 Å². The molecule has 0 radical (unpaired) electrons. The molecule has 0 heterocycles. The molecule has 0 spiro atoms. The molecule has 0 aliphatic carbocycles. The zero-order valence-electron chi connectivity index (χ0n) is 10.1. The van der Waals surface area contributed by atoms with Crippen molar-refractivity contribution in [3.05, 3.63) is 30.1 Å². The van der Waals surface area contributed by atoms with E-state index in [-0.39, 0.29) is 6.61 Å². The van der Waals surface area contributed by atoms with Gasteiger partial charge >= 0.3 is 5.97 Å². The Bertz CT molecular complexity index is 419. The Morgan fingerprint density at radius 2 is 1.94 bits per heavy atom. The Hall–Kier alpha value is -1.95. The van der Waals surface area contributed by atoms with E-state index in [9.17, 15) is 14.0 Å². The molecule has 1 aromatic carbocycles. The number of carbonyl (C=O) groups excluding carboxylic acids is 2. The average Bonchev–Trinajstić information content (AvgIpc) is 2.32. The summed E-state index contributed by atoms with van der Waals surface area (Å²) in [6.07, 6.45) is -0.947. The minimum atomic E-state index is -0.947. The summed E-state index contributed by atoms with van der Waals surface area (Å²) in [4.78, 5) is 22.7. The standard InChI is InChI=1S/C12H14FNO4/c1-8(18-11(15)7-17-2)12(16)14-10-5-3-9(13)4-6-10/h3-6,8H,7H2,1-2H3,(H,14,16)/t8-/m1/s1. The van der Waals surface area contributed by atoms with Crippen LogP contribution in [0.4, 0.5) is 10.1 Å². The minimum absolute atomic E-state index is 0.214. The Labute approximate surface area is 104 Å². The van der Waals surface area contributed by atoms with Gasteiger partial charge in [-0.1, -0.05) is 0 Å². The van der Waals surface area contributed by atoms with E-state index in [2.05, 4.69) is 10.1 Å². The van der Waals surface area contributed by atoms with Crippen molar-refractivity contribution in [2.45, 2.75) is 13.0 Å². The number of benzene rings is 1. The van der Waals surface area contributed by atoms with E-state index < -0.39 is 23.8 Å². The second kappa shape index (κ2) is 6.70. The molecule has 0 unspecified atom stereocenters. The highest BCUT2D eigenvalue weighted by Gasteiger charge is 2.17. The lowest BCUT2D eigenvalue weighted by Gasteiger charge is -2.13. The zero-order valence-corrected chi connectivity index (χ0v) is 10.1. The smallest absolute Gasteiger partial charge is 0.332 e. The number of anilines is 1. The van der Waals surface area contributed by atoms with E-state index in [1.54, 1.807) is 0 Å². The van der Waals surface area contributed by atoms with Crippen molar-refractivity contribution in [1.29, 1.82) is 0 Å². The van der Waals surface area contributed by atoms with Gasteiger partial charge in [0.1, 0.15) is 12.4 Å². The molecule has 1 rings (SSSR count). The number of hydrogen-bond donors (Lipinski definition) is 1. The maximum Gasteiger partial charge on any atom is 0.332 e. The highest BCUT2D eigenvalue weighted by molar-refractivity contribution is 5.95. The summed E-state index contributed by atoms with van der Waals surface area (Å²) in [7, 11) is 1.35. The van der Waals surface area contributed by atoms with Gasteiger partial charge in [-0.15, -0.1) is 0 Å². The predicted molar refractivity (Wildman–Crippen MR) is 62.5 cm³/mol. The monoisotopic (exact) mass is 255 g/mol. The molecule has 0 saturated carbocycles. The van der Waals surface area contributed by atoms with Gasteiger partial charge in [-0.25, -0.2) is 9.18 Å². The number of methoxy groups -OCH3 is 1. The first-order valence-electron chi connectivity index (χ1n) is 5.27. The molecule has 98 valence electrons. The summed E-state index contributed by atoms with van der Waals surface area (Å²) in [5.74, 6) is -1.52. The lowest BCUT2D eigenvalue weighted by molar-refractivity contribution is -0.156. The predicted octanol–water partition coefficient (Wildman–Crippen LogP) is 1.34. The van der Waals surface area contributed by atoms with Gasteiger partial charge in [0.2, 0.25) is 0 Å². The van der Waals surface area contributed by atoms with Crippen LogP contribution in [0.3, 0.4) is 0 Å². The number of ether oxygens (including phenoxy) is 2. The van der Waals surface area contributed by atoms with Gasteiger partial charge in [0.25, 0.3) is 5.91 Å². The third-order valence-corrected chi connectivity index (χ3v) is 2.05. The van der Waals surface area contributed by atoms with Crippen LogP contribution in [0.5, 0.6) is 0 Å². The second-order valence-electron chi connectivity index (χ2n) is 3.56. The summed E-state index contributed by atoms with van der Waals surface area (Å²) < 4.78 is 22.0. The minimum Gasteiger partial charge on any atom is -0.451 e. The molecule has 0 fully saturated rings. The molecule has 6 heteroatoms. The molecule has 1 atom stereocenters. The van der Waals surface area contributed by atoms with Crippen molar-refractivity contribution in [2.75, 3.05) is 19.0 Å². The molecule has 0 aliphatic heterocycles. The zero-order chi connectivity index (χ0) is 13.5. The second-order valence-corrected chi connectivity index (χ2v) is 3.56. The molecule has 1 amide bonds. The first kappa shape index (κ1) is 14.1. The van der Waals surface area contributed by atoms with Gasteiger partial charge in [-0.05, 0) is 31.2 Å². The van der Waals surface area contributed by atoms with Gasteiger partial charge in [-0.3, -0.25) is 4.79 Å². The maximum absolute atomic E-state index is 12.6. The molecule has 0 aromatic heterocycles. The number of esters is 1. The molecule has 5 nitrogen and oxygen atoms in total. The van der Waals surface area contributed by atoms with Crippen molar-refractivity contribution in [3.63, 3.8) is 0 Å². The van der Waals surface area contributed by atoms with Gasteiger partial charge < -0.3 is 14.8 Å². The van der Waals surface area contributed by atoms with Crippen LogP contribution in [0.25, 0.3) is 0 Å². The molecule has 1 aromatic rings. The third-order valence-electron chi connectivity index (χ3n) is 2.05. The molecular weight excluding hydrogens is 241 g/mol. The summed E-state index contributed by atoms with van der Waals surface area (Å²) in [5.41, 5.74) is 0.427. The molecule has 0 saturated heterocycles. The quantitative estimate of drug-likeness (QED) is 0.806.